The molecule has 98 valence electrons. The lowest BCUT2D eigenvalue weighted by atomic mass is 10.1. The Kier molecular flexibility index (Phi) is 4.50. The van der Waals surface area contributed by atoms with Crippen LogP contribution in [0, 0.1) is 6.92 Å². The number of anilines is 1. The van der Waals surface area contributed by atoms with Crippen molar-refractivity contribution in [1.29, 1.82) is 0 Å². The van der Waals surface area contributed by atoms with Crippen LogP contribution in [0.25, 0.3) is 0 Å². The highest BCUT2D eigenvalue weighted by Gasteiger charge is 2.09. The lowest BCUT2D eigenvalue weighted by Crippen LogP contribution is -2.16. The van der Waals surface area contributed by atoms with Crippen molar-refractivity contribution in [3.63, 3.8) is 0 Å². The summed E-state index contributed by atoms with van der Waals surface area (Å²) in [5.74, 6) is 0.122. The molecule has 0 saturated heterocycles. The number of aryl methyl sites for hydroxylation is 1. The predicted molar refractivity (Wildman–Crippen MR) is 78.3 cm³/mol. The summed E-state index contributed by atoms with van der Waals surface area (Å²) in [7, 11) is 0. The van der Waals surface area contributed by atoms with Gasteiger partial charge in [0, 0.05) is 21.4 Å². The van der Waals surface area contributed by atoms with Gasteiger partial charge in [0.15, 0.2) is 0 Å². The average molecular weight is 341 g/mol. The van der Waals surface area contributed by atoms with Crippen LogP contribution < -0.4 is 5.32 Å². The molecule has 19 heavy (non-hydrogen) atoms. The summed E-state index contributed by atoms with van der Waals surface area (Å²) in [6, 6.07) is 7.09. The Morgan fingerprint density at radius 3 is 2.95 bits per heavy atom. The zero-order valence-electron chi connectivity index (χ0n) is 10.2. The highest BCUT2D eigenvalue weighted by atomic mass is 79.9. The monoisotopic (exact) mass is 339 g/mol. The van der Waals surface area contributed by atoms with Gasteiger partial charge in [-0.3, -0.25) is 10.1 Å². The Morgan fingerprint density at radius 2 is 2.21 bits per heavy atom. The first-order valence-electron chi connectivity index (χ1n) is 5.58. The number of amides is 1. The molecule has 0 bridgehead atoms. The average Bonchev–Trinajstić information content (AvgIpc) is 2.34. The summed E-state index contributed by atoms with van der Waals surface area (Å²) < 4.78 is 0.845. The van der Waals surface area contributed by atoms with Gasteiger partial charge < -0.3 is 0 Å². The number of benzene rings is 1. The minimum atomic E-state index is -0.187. The van der Waals surface area contributed by atoms with E-state index in [1.165, 1.54) is 0 Å². The zero-order chi connectivity index (χ0) is 13.8. The van der Waals surface area contributed by atoms with E-state index >= 15 is 0 Å². The Morgan fingerprint density at radius 1 is 1.42 bits per heavy atom. The number of nitrogens with one attached hydrogen (secondary N) is 1. The Hall–Kier alpha value is -1.46. The molecular weight excluding hydrogens is 330 g/mol. The summed E-state index contributed by atoms with van der Waals surface area (Å²) in [5.41, 5.74) is 1.62. The third-order valence-corrected chi connectivity index (χ3v) is 3.41. The SMILES string of the molecule is Cc1ccnc(NC(=O)Cc2cc(Cl)ccc2Br)n1. The van der Waals surface area contributed by atoms with E-state index in [9.17, 15) is 4.79 Å². The van der Waals surface area contributed by atoms with Gasteiger partial charge in [-0.1, -0.05) is 27.5 Å². The Balaban J connectivity index is 2.07. The van der Waals surface area contributed by atoms with Crippen molar-refractivity contribution in [3.8, 4) is 0 Å². The van der Waals surface area contributed by atoms with E-state index in [4.69, 9.17) is 11.6 Å². The molecule has 2 rings (SSSR count). The minimum absolute atomic E-state index is 0.187. The van der Waals surface area contributed by atoms with Crippen molar-refractivity contribution in [2.75, 3.05) is 5.32 Å². The lowest BCUT2D eigenvalue weighted by molar-refractivity contribution is -0.115. The van der Waals surface area contributed by atoms with Crippen LogP contribution in [0.2, 0.25) is 5.02 Å². The summed E-state index contributed by atoms with van der Waals surface area (Å²) in [5, 5.41) is 3.25. The second-order valence-electron chi connectivity index (χ2n) is 3.98. The smallest absolute Gasteiger partial charge is 0.231 e. The molecule has 1 heterocycles. The number of nitrogens with zero attached hydrogens (tertiary/aromatic N) is 2. The van der Waals surface area contributed by atoms with Gasteiger partial charge in [-0.25, -0.2) is 9.97 Å². The highest BCUT2D eigenvalue weighted by Crippen LogP contribution is 2.21. The van der Waals surface area contributed by atoms with E-state index in [0.29, 0.717) is 11.0 Å². The van der Waals surface area contributed by atoms with E-state index in [1.807, 2.05) is 13.0 Å². The first-order chi connectivity index (χ1) is 9.04. The number of halogens is 2. The molecule has 0 aliphatic rings. The molecule has 1 N–H and O–H groups in total. The van der Waals surface area contributed by atoms with Crippen molar-refractivity contribution in [2.24, 2.45) is 0 Å². The molecule has 0 aliphatic carbocycles. The van der Waals surface area contributed by atoms with Crippen molar-refractivity contribution in [2.45, 2.75) is 13.3 Å². The van der Waals surface area contributed by atoms with E-state index in [1.54, 1.807) is 24.4 Å². The Labute approximate surface area is 124 Å². The van der Waals surface area contributed by atoms with E-state index in [-0.39, 0.29) is 12.3 Å². The number of carbonyl (C=O) groups is 1. The fraction of sp³-hybridized carbons (Fsp3) is 0.154. The van der Waals surface area contributed by atoms with Gasteiger partial charge in [0.25, 0.3) is 0 Å². The maximum absolute atomic E-state index is 11.9. The molecule has 1 aromatic heterocycles. The van der Waals surface area contributed by atoms with Crippen molar-refractivity contribution < 1.29 is 4.79 Å². The third-order valence-electron chi connectivity index (χ3n) is 2.40. The number of hydrogen-bond acceptors (Lipinski definition) is 3. The second kappa shape index (κ2) is 6.12. The first-order valence-corrected chi connectivity index (χ1v) is 6.75. The van der Waals surface area contributed by atoms with E-state index in [2.05, 4.69) is 31.2 Å². The highest BCUT2D eigenvalue weighted by molar-refractivity contribution is 9.10. The van der Waals surface area contributed by atoms with Gasteiger partial charge in [0.2, 0.25) is 11.9 Å². The summed E-state index contributed by atoms with van der Waals surface area (Å²) in [6.07, 6.45) is 1.81. The molecule has 1 amide bonds. The summed E-state index contributed by atoms with van der Waals surface area (Å²) in [6.45, 7) is 1.84. The summed E-state index contributed by atoms with van der Waals surface area (Å²) >= 11 is 9.29. The summed E-state index contributed by atoms with van der Waals surface area (Å²) in [4.78, 5) is 20.0. The number of carbonyl (C=O) groups excluding carboxylic acids is 1. The zero-order valence-corrected chi connectivity index (χ0v) is 12.5. The van der Waals surface area contributed by atoms with Gasteiger partial charge in [0.1, 0.15) is 0 Å². The van der Waals surface area contributed by atoms with Crippen LogP contribution in [-0.2, 0) is 11.2 Å². The molecular formula is C13H11BrClN3O. The van der Waals surface area contributed by atoms with Gasteiger partial charge in [-0.15, -0.1) is 0 Å². The fourth-order valence-electron chi connectivity index (χ4n) is 1.53. The van der Waals surface area contributed by atoms with Crippen LogP contribution in [0.5, 0.6) is 0 Å². The van der Waals surface area contributed by atoms with Crippen LogP contribution in [0.3, 0.4) is 0 Å². The quantitative estimate of drug-likeness (QED) is 0.932. The predicted octanol–water partition coefficient (Wildman–Crippen LogP) is 3.38. The molecule has 0 aliphatic heterocycles. The molecule has 0 atom stereocenters. The van der Waals surface area contributed by atoms with Gasteiger partial charge in [0.05, 0.1) is 6.42 Å². The topological polar surface area (TPSA) is 54.9 Å². The first kappa shape index (κ1) is 14.0. The maximum atomic E-state index is 11.9. The number of hydrogen-bond donors (Lipinski definition) is 1. The van der Waals surface area contributed by atoms with Gasteiger partial charge in [-0.05, 0) is 36.8 Å². The molecule has 0 fully saturated rings. The molecule has 1 aromatic carbocycles. The van der Waals surface area contributed by atoms with Crippen molar-refractivity contribution in [1.82, 2.24) is 9.97 Å². The second-order valence-corrected chi connectivity index (χ2v) is 5.27. The van der Waals surface area contributed by atoms with Crippen LogP contribution in [0.4, 0.5) is 5.95 Å². The fourth-order valence-corrected chi connectivity index (χ4v) is 2.11. The molecule has 0 unspecified atom stereocenters. The van der Waals surface area contributed by atoms with Gasteiger partial charge in [-0.2, -0.15) is 0 Å². The van der Waals surface area contributed by atoms with Crippen LogP contribution in [0.15, 0.2) is 34.9 Å². The largest absolute Gasteiger partial charge is 0.294 e. The van der Waals surface area contributed by atoms with Crippen LogP contribution in [0.1, 0.15) is 11.3 Å². The van der Waals surface area contributed by atoms with E-state index in [0.717, 1.165) is 15.7 Å². The van der Waals surface area contributed by atoms with Gasteiger partial charge >= 0.3 is 0 Å². The molecule has 2 aromatic rings. The molecule has 0 radical (unpaired) electrons. The molecule has 0 spiro atoms. The van der Waals surface area contributed by atoms with Crippen LogP contribution >= 0.6 is 27.5 Å². The number of rotatable bonds is 3. The number of aromatic nitrogens is 2. The molecule has 6 heteroatoms. The third kappa shape index (κ3) is 4.01. The van der Waals surface area contributed by atoms with E-state index < -0.39 is 0 Å². The molecule has 0 saturated carbocycles. The van der Waals surface area contributed by atoms with Crippen LogP contribution in [-0.4, -0.2) is 15.9 Å². The lowest BCUT2D eigenvalue weighted by Gasteiger charge is -2.06. The van der Waals surface area contributed by atoms with Crippen molar-refractivity contribution >= 4 is 39.4 Å². The standard InChI is InChI=1S/C13H11BrClN3O/c1-8-4-5-16-13(17-8)18-12(19)7-9-6-10(15)2-3-11(9)14/h2-6H,7H2,1H3,(H,16,17,18,19). The Bertz CT molecular complexity index is 619. The maximum Gasteiger partial charge on any atom is 0.231 e. The van der Waals surface area contributed by atoms with Crippen molar-refractivity contribution in [3.05, 3.63) is 51.2 Å². The minimum Gasteiger partial charge on any atom is -0.294 e. The molecule has 4 nitrogen and oxygen atoms in total. The normalized spacial score (nSPS) is 10.3.